The minimum atomic E-state index is -1.62. The van der Waals surface area contributed by atoms with Crippen molar-refractivity contribution in [3.63, 3.8) is 0 Å². The molecule has 1 aromatic rings. The molecule has 1 aliphatic carbocycles. The van der Waals surface area contributed by atoms with E-state index in [1.54, 1.807) is 25.0 Å². The Hall–Kier alpha value is -1.80. The summed E-state index contributed by atoms with van der Waals surface area (Å²) in [7, 11) is 2.89. The molecule has 8 heteroatoms. The molecule has 2 rings (SSSR count). The summed E-state index contributed by atoms with van der Waals surface area (Å²) < 4.78 is 38.4. The molecule has 5 nitrogen and oxygen atoms in total. The lowest BCUT2D eigenvalue weighted by atomic mass is 9.96. The minimum Gasteiger partial charge on any atom is -0.465 e. The number of alkyl halides is 1. The van der Waals surface area contributed by atoms with E-state index < -0.39 is 18.0 Å². The van der Waals surface area contributed by atoms with Crippen LogP contribution >= 0.6 is 11.3 Å². The lowest BCUT2D eigenvalue weighted by Gasteiger charge is -2.23. The average Bonchev–Trinajstić information content (AvgIpc) is 3.16. The molecule has 1 amide bonds. The Morgan fingerprint density at radius 2 is 2.10 bits per heavy atom. The summed E-state index contributed by atoms with van der Waals surface area (Å²) >= 11 is 1.05. The SMILES string of the molecule is CCC(=O)N(CCCC(C)OC)c1cc(C2=C(F)C(F)CCC2)sc1C(=O)OC. The third-order valence-corrected chi connectivity index (χ3v) is 6.28. The van der Waals surface area contributed by atoms with E-state index in [4.69, 9.17) is 9.47 Å². The molecular weight excluding hydrogens is 400 g/mol. The van der Waals surface area contributed by atoms with Crippen molar-refractivity contribution in [2.24, 2.45) is 0 Å². The average molecular weight is 430 g/mol. The van der Waals surface area contributed by atoms with E-state index in [0.29, 0.717) is 36.4 Å². The number of esters is 1. The number of halogens is 2. The second-order valence-electron chi connectivity index (χ2n) is 7.09. The van der Waals surface area contributed by atoms with E-state index in [9.17, 15) is 18.4 Å². The maximum atomic E-state index is 14.4. The van der Waals surface area contributed by atoms with Crippen LogP contribution in [-0.4, -0.2) is 44.9 Å². The van der Waals surface area contributed by atoms with Gasteiger partial charge >= 0.3 is 5.97 Å². The number of methoxy groups -OCH3 is 2. The Morgan fingerprint density at radius 1 is 1.38 bits per heavy atom. The van der Waals surface area contributed by atoms with Crippen LogP contribution in [0.5, 0.6) is 0 Å². The topological polar surface area (TPSA) is 55.8 Å². The molecule has 0 N–H and O–H groups in total. The molecule has 1 aliphatic rings. The first-order chi connectivity index (χ1) is 13.8. The van der Waals surface area contributed by atoms with Gasteiger partial charge in [0.1, 0.15) is 10.7 Å². The molecule has 2 atom stereocenters. The molecule has 0 saturated heterocycles. The van der Waals surface area contributed by atoms with Crippen LogP contribution in [0.2, 0.25) is 0 Å². The Kier molecular flexibility index (Phi) is 8.77. The number of allylic oxidation sites excluding steroid dienone is 2. The highest BCUT2D eigenvalue weighted by Gasteiger charge is 2.29. The minimum absolute atomic E-state index is 0.0506. The number of amides is 1. The van der Waals surface area contributed by atoms with Gasteiger partial charge in [0.15, 0.2) is 6.17 Å². The van der Waals surface area contributed by atoms with Gasteiger partial charge in [-0.2, -0.15) is 0 Å². The molecular formula is C21H29F2NO4S. The molecule has 0 fully saturated rings. The normalized spacial score (nSPS) is 17.9. The number of hydrogen-bond donors (Lipinski definition) is 0. The van der Waals surface area contributed by atoms with Crippen LogP contribution in [-0.2, 0) is 14.3 Å². The molecule has 0 saturated carbocycles. The van der Waals surface area contributed by atoms with Gasteiger partial charge in [-0.3, -0.25) is 4.79 Å². The monoisotopic (exact) mass is 429 g/mol. The molecule has 1 aromatic heterocycles. The largest absolute Gasteiger partial charge is 0.465 e. The first-order valence-corrected chi connectivity index (χ1v) is 10.7. The summed E-state index contributed by atoms with van der Waals surface area (Å²) in [6, 6.07) is 1.62. The zero-order valence-electron chi connectivity index (χ0n) is 17.4. The maximum Gasteiger partial charge on any atom is 0.350 e. The molecule has 0 aliphatic heterocycles. The van der Waals surface area contributed by atoms with Gasteiger partial charge < -0.3 is 14.4 Å². The van der Waals surface area contributed by atoms with Gasteiger partial charge in [0.25, 0.3) is 0 Å². The zero-order valence-corrected chi connectivity index (χ0v) is 18.2. The Morgan fingerprint density at radius 3 is 2.72 bits per heavy atom. The van der Waals surface area contributed by atoms with Gasteiger partial charge in [0, 0.05) is 30.5 Å². The fraction of sp³-hybridized carbons (Fsp3) is 0.619. The highest BCUT2D eigenvalue weighted by Crippen LogP contribution is 2.42. The van der Waals surface area contributed by atoms with Crippen molar-refractivity contribution in [1.29, 1.82) is 0 Å². The van der Waals surface area contributed by atoms with E-state index in [1.165, 1.54) is 7.11 Å². The van der Waals surface area contributed by atoms with Crippen molar-refractivity contribution in [3.05, 3.63) is 21.6 Å². The van der Waals surface area contributed by atoms with Crippen molar-refractivity contribution in [1.82, 2.24) is 0 Å². The van der Waals surface area contributed by atoms with Gasteiger partial charge in [-0.05, 0) is 45.1 Å². The first-order valence-electron chi connectivity index (χ1n) is 9.92. The smallest absolute Gasteiger partial charge is 0.350 e. The number of anilines is 1. The quantitative estimate of drug-likeness (QED) is 0.500. The zero-order chi connectivity index (χ0) is 21.6. The van der Waals surface area contributed by atoms with E-state index in [2.05, 4.69) is 0 Å². The molecule has 29 heavy (non-hydrogen) atoms. The molecule has 2 unspecified atom stereocenters. The second-order valence-corrected chi connectivity index (χ2v) is 8.14. The summed E-state index contributed by atoms with van der Waals surface area (Å²) in [5, 5.41) is 0. The van der Waals surface area contributed by atoms with Gasteiger partial charge in [-0.1, -0.05) is 6.92 Å². The summed E-state index contributed by atoms with van der Waals surface area (Å²) in [5.41, 5.74) is 0.678. The maximum absolute atomic E-state index is 14.4. The number of ether oxygens (including phenoxy) is 2. The number of carbonyl (C=O) groups excluding carboxylic acids is 2. The van der Waals surface area contributed by atoms with Gasteiger partial charge in [-0.15, -0.1) is 11.3 Å². The lowest BCUT2D eigenvalue weighted by molar-refractivity contribution is -0.118. The Bertz CT molecular complexity index is 762. The lowest BCUT2D eigenvalue weighted by Crippen LogP contribution is -2.32. The summed E-state index contributed by atoms with van der Waals surface area (Å²) in [6.07, 6.45) is 1.22. The molecule has 0 bridgehead atoms. The Balaban J connectivity index is 2.43. The van der Waals surface area contributed by atoms with Crippen LogP contribution in [0.1, 0.15) is 66.9 Å². The van der Waals surface area contributed by atoms with Gasteiger partial charge in [0.2, 0.25) is 5.91 Å². The second kappa shape index (κ2) is 10.8. The Labute approximate surface area is 174 Å². The molecule has 1 heterocycles. The van der Waals surface area contributed by atoms with Gasteiger partial charge in [-0.25, -0.2) is 13.6 Å². The molecule has 0 radical (unpaired) electrons. The number of hydrogen-bond acceptors (Lipinski definition) is 5. The van der Waals surface area contributed by atoms with Crippen LogP contribution in [0, 0.1) is 0 Å². The van der Waals surface area contributed by atoms with E-state index in [0.717, 1.165) is 17.8 Å². The van der Waals surface area contributed by atoms with Crippen molar-refractivity contribution >= 4 is 34.5 Å². The standard InChI is InChI=1S/C21H29F2NO4S/c1-5-18(25)24(11-7-8-13(2)27-3)16-12-17(29-20(16)21(26)28-4)14-9-6-10-15(22)19(14)23/h12-13,15H,5-11H2,1-4H3. The van der Waals surface area contributed by atoms with Crippen LogP contribution in [0.15, 0.2) is 11.9 Å². The van der Waals surface area contributed by atoms with Crippen LogP contribution in [0.3, 0.4) is 0 Å². The van der Waals surface area contributed by atoms with E-state index >= 15 is 0 Å². The van der Waals surface area contributed by atoms with Gasteiger partial charge in [0.05, 0.1) is 18.9 Å². The van der Waals surface area contributed by atoms with E-state index in [1.807, 2.05) is 6.92 Å². The third kappa shape index (κ3) is 5.63. The van der Waals surface area contributed by atoms with Crippen molar-refractivity contribution in [2.45, 2.75) is 64.6 Å². The number of thiophene rings is 1. The van der Waals surface area contributed by atoms with Crippen molar-refractivity contribution in [2.75, 3.05) is 25.7 Å². The summed E-state index contributed by atoms with van der Waals surface area (Å²) in [4.78, 5) is 27.2. The fourth-order valence-corrected chi connectivity index (χ4v) is 4.48. The summed E-state index contributed by atoms with van der Waals surface area (Å²) in [6.45, 7) is 4.09. The van der Waals surface area contributed by atoms with Crippen LogP contribution in [0.4, 0.5) is 14.5 Å². The summed E-state index contributed by atoms with van der Waals surface area (Å²) in [5.74, 6) is -1.52. The molecule has 0 aromatic carbocycles. The number of carbonyl (C=O) groups is 2. The molecule has 0 spiro atoms. The molecule has 162 valence electrons. The highest BCUT2D eigenvalue weighted by molar-refractivity contribution is 7.15. The van der Waals surface area contributed by atoms with Crippen LogP contribution < -0.4 is 4.90 Å². The first kappa shape index (κ1) is 23.5. The highest BCUT2D eigenvalue weighted by atomic mass is 32.1. The van der Waals surface area contributed by atoms with E-state index in [-0.39, 0.29) is 35.3 Å². The predicted octanol–water partition coefficient (Wildman–Crippen LogP) is 5.30. The number of nitrogens with zero attached hydrogens (tertiary/aromatic N) is 1. The van der Waals surface area contributed by atoms with Crippen LogP contribution in [0.25, 0.3) is 5.57 Å². The van der Waals surface area contributed by atoms with Crippen molar-refractivity contribution in [3.8, 4) is 0 Å². The fourth-order valence-electron chi connectivity index (χ4n) is 3.33. The predicted molar refractivity (Wildman–Crippen MR) is 111 cm³/mol. The third-order valence-electron chi connectivity index (χ3n) is 5.12. The van der Waals surface area contributed by atoms with Crippen molar-refractivity contribution < 1.29 is 27.8 Å². The number of rotatable bonds is 9.